The van der Waals surface area contributed by atoms with Gasteiger partial charge in [-0.2, -0.15) is 0 Å². The van der Waals surface area contributed by atoms with E-state index in [1.165, 1.54) is 0 Å². The Morgan fingerprint density at radius 1 is 1.75 bits per heavy atom. The van der Waals surface area contributed by atoms with Crippen molar-refractivity contribution < 1.29 is 9.15 Å². The summed E-state index contributed by atoms with van der Waals surface area (Å²) in [6, 6.07) is 2.25. The van der Waals surface area contributed by atoms with Gasteiger partial charge in [-0.3, -0.25) is 0 Å². The minimum absolute atomic E-state index is 0.298. The van der Waals surface area contributed by atoms with Gasteiger partial charge in [-0.25, -0.2) is 0 Å². The van der Waals surface area contributed by atoms with E-state index >= 15 is 0 Å². The van der Waals surface area contributed by atoms with Crippen molar-refractivity contribution in [2.45, 2.75) is 25.0 Å². The molecule has 1 heterocycles. The smallest absolute Gasteiger partial charge is 0.113 e. The van der Waals surface area contributed by atoms with E-state index in [1.54, 1.807) is 13.4 Å². The zero-order chi connectivity index (χ0) is 8.55. The van der Waals surface area contributed by atoms with Gasteiger partial charge in [0.05, 0.1) is 12.9 Å². The summed E-state index contributed by atoms with van der Waals surface area (Å²) in [7, 11) is 1.68. The van der Waals surface area contributed by atoms with E-state index in [2.05, 4.69) is 0 Å². The van der Waals surface area contributed by atoms with Gasteiger partial charge >= 0.3 is 0 Å². The molecule has 12 heavy (non-hydrogen) atoms. The van der Waals surface area contributed by atoms with Crippen LogP contribution in [0.5, 0.6) is 0 Å². The van der Waals surface area contributed by atoms with Crippen LogP contribution in [0.1, 0.15) is 23.7 Å². The highest BCUT2D eigenvalue weighted by Crippen LogP contribution is 2.41. The number of nitrogens with two attached hydrogens (primary N) is 1. The van der Waals surface area contributed by atoms with Crippen LogP contribution in [0.4, 0.5) is 0 Å². The lowest BCUT2D eigenvalue weighted by atomic mass is 10.2. The fourth-order valence-corrected chi connectivity index (χ4v) is 1.46. The van der Waals surface area contributed by atoms with Crippen molar-refractivity contribution in [1.82, 2.24) is 0 Å². The van der Waals surface area contributed by atoms with Crippen LogP contribution in [0.15, 0.2) is 16.7 Å². The van der Waals surface area contributed by atoms with Crippen LogP contribution in [-0.4, -0.2) is 13.2 Å². The van der Waals surface area contributed by atoms with Crippen LogP contribution in [0, 0.1) is 0 Å². The van der Waals surface area contributed by atoms with Crippen molar-refractivity contribution >= 4 is 0 Å². The largest absolute Gasteiger partial charge is 0.469 e. The Hall–Kier alpha value is -0.800. The first-order valence-corrected chi connectivity index (χ1v) is 4.13. The van der Waals surface area contributed by atoms with Gasteiger partial charge in [0.2, 0.25) is 0 Å². The van der Waals surface area contributed by atoms with Gasteiger partial charge in [-0.15, -0.1) is 0 Å². The van der Waals surface area contributed by atoms with E-state index < -0.39 is 0 Å². The molecule has 2 atom stereocenters. The lowest BCUT2D eigenvalue weighted by molar-refractivity contribution is 0.183. The second-order valence-electron chi connectivity index (χ2n) is 3.25. The quantitative estimate of drug-likeness (QED) is 0.736. The molecule has 0 aliphatic heterocycles. The Balaban J connectivity index is 2.14. The summed E-state index contributed by atoms with van der Waals surface area (Å²) in [5.74, 6) is 1.45. The predicted molar refractivity (Wildman–Crippen MR) is 44.8 cm³/mol. The number of furan rings is 1. The third-order valence-electron chi connectivity index (χ3n) is 2.26. The van der Waals surface area contributed by atoms with Gasteiger partial charge in [0.1, 0.15) is 5.76 Å². The average molecular weight is 167 g/mol. The first-order valence-electron chi connectivity index (χ1n) is 4.13. The molecule has 1 aromatic rings. The predicted octanol–water partition coefficient (Wildman–Crippen LogP) is 1.24. The van der Waals surface area contributed by atoms with E-state index in [0.717, 1.165) is 17.7 Å². The normalized spacial score (nSPS) is 27.5. The molecule has 0 saturated heterocycles. The van der Waals surface area contributed by atoms with Gasteiger partial charge in [-0.05, 0) is 12.5 Å². The van der Waals surface area contributed by atoms with Crippen LogP contribution < -0.4 is 5.73 Å². The molecule has 1 fully saturated rings. The van der Waals surface area contributed by atoms with Crippen molar-refractivity contribution in [3.63, 3.8) is 0 Å². The topological polar surface area (TPSA) is 48.4 Å². The fraction of sp³-hybridized carbons (Fsp3) is 0.556. The summed E-state index contributed by atoms with van der Waals surface area (Å²) in [5, 5.41) is 0. The second-order valence-corrected chi connectivity index (χ2v) is 3.25. The zero-order valence-corrected chi connectivity index (χ0v) is 7.12. The van der Waals surface area contributed by atoms with Crippen LogP contribution >= 0.6 is 0 Å². The number of hydrogen-bond donors (Lipinski definition) is 1. The Morgan fingerprint density at radius 3 is 3.08 bits per heavy atom. The van der Waals surface area contributed by atoms with E-state index in [4.69, 9.17) is 14.9 Å². The number of ether oxygens (including phenoxy) is 1. The van der Waals surface area contributed by atoms with Crippen molar-refractivity contribution in [3.05, 3.63) is 23.7 Å². The van der Waals surface area contributed by atoms with E-state index in [0.29, 0.717) is 18.6 Å². The fourth-order valence-electron chi connectivity index (χ4n) is 1.46. The molecule has 1 saturated carbocycles. The van der Waals surface area contributed by atoms with Crippen molar-refractivity contribution in [2.24, 2.45) is 5.73 Å². The van der Waals surface area contributed by atoms with Crippen LogP contribution in [0.25, 0.3) is 0 Å². The molecule has 1 aliphatic carbocycles. The van der Waals surface area contributed by atoms with Crippen molar-refractivity contribution in [2.75, 3.05) is 7.11 Å². The number of rotatable bonds is 3. The van der Waals surface area contributed by atoms with Gasteiger partial charge in [0.25, 0.3) is 0 Å². The van der Waals surface area contributed by atoms with E-state index in [1.807, 2.05) is 6.07 Å². The Labute approximate surface area is 71.5 Å². The molecular formula is C9H13NO2. The zero-order valence-electron chi connectivity index (χ0n) is 7.12. The minimum atomic E-state index is 0.298. The Kier molecular flexibility index (Phi) is 1.90. The molecule has 0 aromatic carbocycles. The number of methoxy groups -OCH3 is 1. The van der Waals surface area contributed by atoms with Crippen LogP contribution in [-0.2, 0) is 11.3 Å². The molecule has 1 aromatic heterocycles. The molecular weight excluding hydrogens is 154 g/mol. The molecule has 3 nitrogen and oxygen atoms in total. The summed E-state index contributed by atoms with van der Waals surface area (Å²) in [4.78, 5) is 0. The summed E-state index contributed by atoms with van der Waals surface area (Å²) in [5.41, 5.74) is 6.86. The maximum atomic E-state index is 5.72. The Morgan fingerprint density at radius 2 is 2.50 bits per heavy atom. The van der Waals surface area contributed by atoms with Crippen molar-refractivity contribution in [1.29, 1.82) is 0 Å². The summed E-state index contributed by atoms with van der Waals surface area (Å²) < 4.78 is 10.4. The van der Waals surface area contributed by atoms with Gasteiger partial charge in [0, 0.05) is 24.6 Å². The molecule has 1 aliphatic rings. The summed E-state index contributed by atoms with van der Waals surface area (Å²) in [6.45, 7) is 0.620. The maximum absolute atomic E-state index is 5.72. The number of hydrogen-bond acceptors (Lipinski definition) is 3. The molecule has 3 heteroatoms. The highest BCUT2D eigenvalue weighted by atomic mass is 16.5. The van der Waals surface area contributed by atoms with Crippen molar-refractivity contribution in [3.8, 4) is 0 Å². The highest BCUT2D eigenvalue weighted by molar-refractivity contribution is 5.26. The van der Waals surface area contributed by atoms with Crippen LogP contribution in [0.2, 0.25) is 0 Å². The molecule has 0 bridgehead atoms. The van der Waals surface area contributed by atoms with Gasteiger partial charge in [-0.1, -0.05) is 0 Å². The maximum Gasteiger partial charge on any atom is 0.113 e. The molecule has 2 rings (SSSR count). The third-order valence-corrected chi connectivity index (χ3v) is 2.26. The second kappa shape index (κ2) is 2.92. The summed E-state index contributed by atoms with van der Waals surface area (Å²) in [6.07, 6.45) is 2.75. The van der Waals surface area contributed by atoms with Gasteiger partial charge in [0.15, 0.2) is 0 Å². The first kappa shape index (κ1) is 7.83. The monoisotopic (exact) mass is 167 g/mol. The lowest BCUT2D eigenvalue weighted by Gasteiger charge is -1.98. The average Bonchev–Trinajstić information content (AvgIpc) is 2.62. The lowest BCUT2D eigenvalue weighted by Crippen LogP contribution is -2.01. The van der Waals surface area contributed by atoms with E-state index in [-0.39, 0.29) is 0 Å². The van der Waals surface area contributed by atoms with Gasteiger partial charge < -0.3 is 14.9 Å². The van der Waals surface area contributed by atoms with E-state index in [9.17, 15) is 0 Å². The first-order chi connectivity index (χ1) is 5.83. The highest BCUT2D eigenvalue weighted by Gasteiger charge is 2.38. The SMILES string of the molecule is COCc1ccoc1C1CC1N. The molecule has 66 valence electrons. The van der Waals surface area contributed by atoms with Crippen LogP contribution in [0.3, 0.4) is 0 Å². The minimum Gasteiger partial charge on any atom is -0.469 e. The molecule has 0 spiro atoms. The molecule has 0 radical (unpaired) electrons. The molecule has 2 N–H and O–H groups in total. The standard InChI is InChI=1S/C9H13NO2/c1-11-5-6-2-3-12-9(6)7-4-8(7)10/h2-3,7-8H,4-5,10H2,1H3. The molecule has 0 amide bonds. The Bertz CT molecular complexity index is 269. The third kappa shape index (κ3) is 1.26. The molecule has 2 unspecified atom stereocenters. The summed E-state index contributed by atoms with van der Waals surface area (Å²) >= 11 is 0.